The first-order chi connectivity index (χ1) is 7.17. The lowest BCUT2D eigenvalue weighted by molar-refractivity contribution is -0.134. The van der Waals surface area contributed by atoms with Gasteiger partial charge in [-0.1, -0.05) is 0 Å². The normalized spacial score (nSPS) is 15.1. The topological polar surface area (TPSA) is 67.4 Å². The second-order valence-corrected chi connectivity index (χ2v) is 4.85. The third kappa shape index (κ3) is 5.70. The summed E-state index contributed by atoms with van der Waals surface area (Å²) in [5, 5.41) is 5.36. The van der Waals surface area contributed by atoms with E-state index in [2.05, 4.69) is 10.6 Å². The highest BCUT2D eigenvalue weighted by atomic mass is 16.5. The molecule has 0 aliphatic rings. The van der Waals surface area contributed by atoms with Crippen molar-refractivity contribution >= 4 is 11.8 Å². The molecule has 0 bridgehead atoms. The Bertz CT molecular complexity index is 258. The Hall–Kier alpha value is -1.10. The Morgan fingerprint density at radius 2 is 1.62 bits per heavy atom. The van der Waals surface area contributed by atoms with Gasteiger partial charge in [0.1, 0.15) is 12.1 Å². The van der Waals surface area contributed by atoms with Crippen LogP contribution in [-0.2, 0) is 14.3 Å². The number of methoxy groups -OCH3 is 1. The van der Waals surface area contributed by atoms with Crippen molar-refractivity contribution in [3.63, 3.8) is 0 Å². The fraction of sp³-hybridized carbons (Fsp3) is 0.818. The molecule has 94 valence electrons. The largest absolute Gasteiger partial charge is 0.372 e. The van der Waals surface area contributed by atoms with Crippen molar-refractivity contribution in [2.24, 2.45) is 0 Å². The summed E-state index contributed by atoms with van der Waals surface area (Å²) in [6.07, 6.45) is -0.551. The van der Waals surface area contributed by atoms with Gasteiger partial charge in [-0.2, -0.15) is 0 Å². The highest BCUT2D eigenvalue weighted by Crippen LogP contribution is 1.99. The Kier molecular flexibility index (Phi) is 5.44. The van der Waals surface area contributed by atoms with E-state index in [1.807, 2.05) is 20.8 Å². The Labute approximate surface area is 96.9 Å². The number of hydrogen-bond acceptors (Lipinski definition) is 3. The van der Waals surface area contributed by atoms with Crippen LogP contribution < -0.4 is 10.6 Å². The van der Waals surface area contributed by atoms with E-state index in [1.165, 1.54) is 7.11 Å². The van der Waals surface area contributed by atoms with Crippen LogP contribution in [0.3, 0.4) is 0 Å². The molecule has 5 nitrogen and oxygen atoms in total. The second kappa shape index (κ2) is 5.84. The number of hydrogen-bond donors (Lipinski definition) is 2. The van der Waals surface area contributed by atoms with E-state index in [4.69, 9.17) is 4.74 Å². The first-order valence-corrected chi connectivity index (χ1v) is 5.32. The molecule has 0 aromatic carbocycles. The SMILES string of the molecule is COC(C)C(=O)NC(C)C(=O)NC(C)(C)C. The third-order valence-electron chi connectivity index (χ3n) is 1.97. The molecule has 0 aromatic rings. The van der Waals surface area contributed by atoms with Gasteiger partial charge >= 0.3 is 0 Å². The molecule has 0 aliphatic heterocycles. The van der Waals surface area contributed by atoms with Crippen molar-refractivity contribution in [2.75, 3.05) is 7.11 Å². The van der Waals surface area contributed by atoms with Gasteiger partial charge in [-0.3, -0.25) is 9.59 Å². The predicted molar refractivity (Wildman–Crippen MR) is 62.0 cm³/mol. The molecule has 0 aromatic heterocycles. The maximum atomic E-state index is 11.6. The number of ether oxygens (including phenoxy) is 1. The van der Waals surface area contributed by atoms with Gasteiger partial charge in [-0.25, -0.2) is 0 Å². The summed E-state index contributed by atoms with van der Waals surface area (Å²) >= 11 is 0. The summed E-state index contributed by atoms with van der Waals surface area (Å²) in [5.41, 5.74) is -0.303. The fourth-order valence-electron chi connectivity index (χ4n) is 0.981. The second-order valence-electron chi connectivity index (χ2n) is 4.85. The van der Waals surface area contributed by atoms with E-state index >= 15 is 0 Å². The van der Waals surface area contributed by atoms with Crippen molar-refractivity contribution < 1.29 is 14.3 Å². The lowest BCUT2D eigenvalue weighted by atomic mass is 10.1. The van der Waals surface area contributed by atoms with Crippen molar-refractivity contribution in [2.45, 2.75) is 52.3 Å². The van der Waals surface area contributed by atoms with Gasteiger partial charge in [0.15, 0.2) is 0 Å². The Morgan fingerprint density at radius 3 is 2.00 bits per heavy atom. The van der Waals surface area contributed by atoms with Crippen LogP contribution in [0.5, 0.6) is 0 Å². The Morgan fingerprint density at radius 1 is 1.12 bits per heavy atom. The number of carbonyl (C=O) groups excluding carboxylic acids is 2. The minimum absolute atomic E-state index is 0.204. The van der Waals surface area contributed by atoms with Gasteiger partial charge in [0, 0.05) is 12.6 Å². The summed E-state index contributed by atoms with van der Waals surface area (Å²) in [4.78, 5) is 23.1. The maximum Gasteiger partial charge on any atom is 0.249 e. The molecular weight excluding hydrogens is 208 g/mol. The molecule has 0 fully saturated rings. The highest BCUT2D eigenvalue weighted by molar-refractivity contribution is 5.89. The zero-order valence-corrected chi connectivity index (χ0v) is 10.9. The molecule has 0 radical (unpaired) electrons. The summed E-state index contributed by atoms with van der Waals surface area (Å²) in [5.74, 6) is -0.497. The van der Waals surface area contributed by atoms with Crippen LogP contribution >= 0.6 is 0 Å². The van der Waals surface area contributed by atoms with Crippen molar-refractivity contribution in [3.8, 4) is 0 Å². The average molecular weight is 230 g/mol. The van der Waals surface area contributed by atoms with Gasteiger partial charge in [-0.05, 0) is 34.6 Å². The van der Waals surface area contributed by atoms with Gasteiger partial charge < -0.3 is 15.4 Å². The van der Waals surface area contributed by atoms with E-state index in [-0.39, 0.29) is 17.4 Å². The average Bonchev–Trinajstić information content (AvgIpc) is 2.13. The standard InChI is InChI=1S/C11H22N2O3/c1-7(9(14)13-11(3,4)5)12-10(15)8(2)16-6/h7-8H,1-6H3,(H,12,15)(H,13,14). The quantitative estimate of drug-likeness (QED) is 0.736. The third-order valence-corrected chi connectivity index (χ3v) is 1.97. The minimum atomic E-state index is -0.565. The van der Waals surface area contributed by atoms with Gasteiger partial charge in [0.2, 0.25) is 11.8 Å². The first kappa shape index (κ1) is 14.9. The van der Waals surface area contributed by atoms with Crippen LogP contribution in [0.1, 0.15) is 34.6 Å². The Balaban J connectivity index is 4.21. The molecule has 2 amide bonds. The van der Waals surface area contributed by atoms with E-state index in [0.29, 0.717) is 0 Å². The summed E-state index contributed by atoms with van der Waals surface area (Å²) in [6, 6.07) is -0.565. The maximum absolute atomic E-state index is 11.6. The fourth-order valence-corrected chi connectivity index (χ4v) is 0.981. The van der Waals surface area contributed by atoms with E-state index in [1.54, 1.807) is 13.8 Å². The molecule has 0 saturated carbocycles. The van der Waals surface area contributed by atoms with Gasteiger partial charge in [0.25, 0.3) is 0 Å². The van der Waals surface area contributed by atoms with Crippen molar-refractivity contribution in [1.29, 1.82) is 0 Å². The lowest BCUT2D eigenvalue weighted by Gasteiger charge is -2.24. The number of nitrogens with one attached hydrogen (secondary N) is 2. The highest BCUT2D eigenvalue weighted by Gasteiger charge is 2.22. The van der Waals surface area contributed by atoms with Crippen molar-refractivity contribution in [3.05, 3.63) is 0 Å². The zero-order chi connectivity index (χ0) is 12.9. The molecule has 0 saturated heterocycles. The minimum Gasteiger partial charge on any atom is -0.372 e. The van der Waals surface area contributed by atoms with Crippen LogP contribution in [0.15, 0.2) is 0 Å². The number of amides is 2. The smallest absolute Gasteiger partial charge is 0.249 e. The summed E-state index contributed by atoms with van der Waals surface area (Å²) < 4.78 is 4.85. The summed E-state index contributed by atoms with van der Waals surface area (Å²) in [7, 11) is 1.45. The van der Waals surface area contributed by atoms with Crippen LogP contribution in [0.2, 0.25) is 0 Å². The van der Waals surface area contributed by atoms with E-state index in [0.717, 1.165) is 0 Å². The van der Waals surface area contributed by atoms with Crippen molar-refractivity contribution in [1.82, 2.24) is 10.6 Å². The first-order valence-electron chi connectivity index (χ1n) is 5.32. The molecule has 2 N–H and O–H groups in total. The molecule has 0 rings (SSSR count). The van der Waals surface area contributed by atoms with Gasteiger partial charge in [-0.15, -0.1) is 0 Å². The summed E-state index contributed by atoms with van der Waals surface area (Å²) in [6.45, 7) is 8.93. The van der Waals surface area contributed by atoms with Gasteiger partial charge in [0.05, 0.1) is 0 Å². The molecule has 5 heteroatoms. The molecular formula is C11H22N2O3. The molecule has 2 atom stereocenters. The van der Waals surface area contributed by atoms with E-state index < -0.39 is 12.1 Å². The van der Waals surface area contributed by atoms with E-state index in [9.17, 15) is 9.59 Å². The number of carbonyl (C=O) groups is 2. The van der Waals surface area contributed by atoms with Crippen LogP contribution in [0, 0.1) is 0 Å². The monoisotopic (exact) mass is 230 g/mol. The van der Waals surface area contributed by atoms with Crippen LogP contribution in [0.4, 0.5) is 0 Å². The molecule has 16 heavy (non-hydrogen) atoms. The zero-order valence-electron chi connectivity index (χ0n) is 10.9. The molecule has 0 heterocycles. The van der Waals surface area contributed by atoms with Crippen LogP contribution in [-0.4, -0.2) is 36.6 Å². The predicted octanol–water partition coefficient (Wildman–Crippen LogP) is 0.441. The molecule has 2 unspecified atom stereocenters. The lowest BCUT2D eigenvalue weighted by Crippen LogP contribution is -2.52. The van der Waals surface area contributed by atoms with Crippen LogP contribution in [0.25, 0.3) is 0 Å². The number of rotatable bonds is 4. The molecule has 0 aliphatic carbocycles. The molecule has 0 spiro atoms.